The molecule has 3 heterocycles. The van der Waals surface area contributed by atoms with Gasteiger partial charge < -0.3 is 19.9 Å². The number of ether oxygens (including phenoxy) is 2. The number of amides is 1. The van der Waals surface area contributed by atoms with Gasteiger partial charge in [0, 0.05) is 28.3 Å². The van der Waals surface area contributed by atoms with Gasteiger partial charge in [0.1, 0.15) is 34.8 Å². The number of nitrogens with one attached hydrogen (secondary N) is 1. The molecule has 1 aliphatic heterocycles. The topological polar surface area (TPSA) is 117 Å². The summed E-state index contributed by atoms with van der Waals surface area (Å²) in [6, 6.07) is 11.9. The second kappa shape index (κ2) is 10.4. The van der Waals surface area contributed by atoms with Crippen LogP contribution in [0.25, 0.3) is 22.2 Å². The van der Waals surface area contributed by atoms with Crippen LogP contribution in [0.2, 0.25) is 5.02 Å². The molecule has 4 aromatic rings. The second-order valence-corrected chi connectivity index (χ2v) is 10.4. The average Bonchev–Trinajstić information content (AvgIpc) is 3.31. The Hall–Kier alpha value is -4.47. The summed E-state index contributed by atoms with van der Waals surface area (Å²) in [6.07, 6.45) is -3.95. The number of hydrogen-bond donors (Lipinski definition) is 2. The molecule has 8 nitrogen and oxygen atoms in total. The van der Waals surface area contributed by atoms with E-state index in [9.17, 15) is 32.7 Å². The molecule has 0 aliphatic carbocycles. The Morgan fingerprint density at radius 1 is 1.24 bits per heavy atom. The number of nitriles is 1. The predicted molar refractivity (Wildman–Crippen MR) is 144 cm³/mol. The number of aliphatic hydroxyl groups is 1. The van der Waals surface area contributed by atoms with Crippen LogP contribution in [0.5, 0.6) is 11.5 Å². The number of benzene rings is 2. The van der Waals surface area contributed by atoms with Gasteiger partial charge in [-0.05, 0) is 55.5 Å². The summed E-state index contributed by atoms with van der Waals surface area (Å²) >= 11 is 6.00. The van der Waals surface area contributed by atoms with E-state index in [4.69, 9.17) is 21.1 Å². The van der Waals surface area contributed by atoms with Crippen molar-refractivity contribution in [1.29, 1.82) is 5.26 Å². The number of carbonyl (C=O) groups is 1. The summed E-state index contributed by atoms with van der Waals surface area (Å²) < 4.78 is 68.3. The molecule has 0 bridgehead atoms. The zero-order chi connectivity index (χ0) is 30.4. The number of fused-ring (bicyclic) bond motifs is 2. The first kappa shape index (κ1) is 29.0. The third-order valence-corrected chi connectivity index (χ3v) is 7.24. The van der Waals surface area contributed by atoms with E-state index in [1.54, 1.807) is 0 Å². The lowest BCUT2D eigenvalue weighted by Crippen LogP contribution is -2.51. The van der Waals surface area contributed by atoms with E-state index in [1.807, 2.05) is 6.07 Å². The molecule has 0 spiro atoms. The number of halogens is 5. The van der Waals surface area contributed by atoms with Crippen molar-refractivity contribution >= 4 is 28.4 Å². The van der Waals surface area contributed by atoms with Gasteiger partial charge >= 0.3 is 6.18 Å². The number of aromatic nitrogens is 2. The highest BCUT2D eigenvalue weighted by Crippen LogP contribution is 2.47. The fraction of sp³-hybridized carbons (Fsp3) is 0.241. The predicted octanol–water partition coefficient (Wildman–Crippen LogP) is 5.45. The third kappa shape index (κ3) is 4.95. The highest BCUT2D eigenvalue weighted by Gasteiger charge is 2.57. The SMILES string of the molecule is COc1cc(C(=O)NC[C@](O)(c2cc3c(c(-c4ccc(F)cc4)n2)OC[C@]3(C)C#N)C(F)(F)F)cc2cc(Cl)cnc12. The molecule has 2 aromatic heterocycles. The van der Waals surface area contributed by atoms with Gasteiger partial charge in [0.15, 0.2) is 5.75 Å². The first-order valence-electron chi connectivity index (χ1n) is 12.4. The summed E-state index contributed by atoms with van der Waals surface area (Å²) in [5.41, 5.74) is -5.51. The zero-order valence-corrected chi connectivity index (χ0v) is 22.8. The van der Waals surface area contributed by atoms with Crippen molar-refractivity contribution in [2.24, 2.45) is 0 Å². The molecular formula is C29H21ClF4N4O4. The third-order valence-electron chi connectivity index (χ3n) is 7.03. The Labute approximate surface area is 241 Å². The summed E-state index contributed by atoms with van der Waals surface area (Å²) in [5, 5.41) is 23.8. The molecule has 13 heteroatoms. The van der Waals surface area contributed by atoms with Crippen LogP contribution in [0, 0.1) is 17.1 Å². The van der Waals surface area contributed by atoms with Crippen LogP contribution in [0.15, 0.2) is 54.7 Å². The minimum atomic E-state index is -5.33. The smallest absolute Gasteiger partial charge is 0.424 e. The highest BCUT2D eigenvalue weighted by atomic mass is 35.5. The molecule has 216 valence electrons. The lowest BCUT2D eigenvalue weighted by Gasteiger charge is -2.31. The number of rotatable bonds is 6. The summed E-state index contributed by atoms with van der Waals surface area (Å²) in [4.78, 5) is 21.3. The Bertz CT molecular complexity index is 1760. The maximum atomic E-state index is 14.6. The number of alkyl halides is 3. The molecule has 42 heavy (non-hydrogen) atoms. The van der Waals surface area contributed by atoms with Crippen molar-refractivity contribution in [3.05, 3.63) is 82.4 Å². The standard InChI is InChI=1S/C29H21ClF4N4O4/c1-27(12-35)14-42-25-20(27)10-22(38-24(25)15-3-5-19(31)6-4-15)28(40,29(32,33)34)13-37-26(39)17-7-16-8-18(30)11-36-23(16)21(9-17)41-2/h3-11,40H,13-14H2,1-2H3,(H,37,39)/t27-,28-/m0/s1. The molecule has 0 radical (unpaired) electrons. The van der Waals surface area contributed by atoms with Crippen molar-refractivity contribution in [1.82, 2.24) is 15.3 Å². The largest absolute Gasteiger partial charge is 0.494 e. The maximum Gasteiger partial charge on any atom is 0.424 e. The second-order valence-electron chi connectivity index (χ2n) is 9.92. The van der Waals surface area contributed by atoms with Gasteiger partial charge in [-0.25, -0.2) is 9.37 Å². The number of hydrogen-bond acceptors (Lipinski definition) is 7. The first-order valence-corrected chi connectivity index (χ1v) is 12.7. The van der Waals surface area contributed by atoms with Gasteiger partial charge in [0.25, 0.3) is 5.91 Å². The van der Waals surface area contributed by atoms with Gasteiger partial charge in [0.2, 0.25) is 5.60 Å². The first-order chi connectivity index (χ1) is 19.8. The van der Waals surface area contributed by atoms with Gasteiger partial charge in [0.05, 0.1) is 30.4 Å². The Balaban J connectivity index is 1.58. The van der Waals surface area contributed by atoms with Crippen molar-refractivity contribution in [2.75, 3.05) is 20.3 Å². The van der Waals surface area contributed by atoms with E-state index in [0.717, 1.165) is 18.2 Å². The molecule has 0 saturated heterocycles. The number of nitrogens with zero attached hydrogens (tertiary/aromatic N) is 3. The van der Waals surface area contributed by atoms with Gasteiger partial charge in [-0.2, -0.15) is 18.4 Å². The Morgan fingerprint density at radius 2 is 1.95 bits per heavy atom. The van der Waals surface area contributed by atoms with Crippen LogP contribution in [0.1, 0.15) is 28.5 Å². The van der Waals surface area contributed by atoms with Gasteiger partial charge in [-0.15, -0.1) is 0 Å². The van der Waals surface area contributed by atoms with Crippen LogP contribution in [-0.2, 0) is 11.0 Å². The van der Waals surface area contributed by atoms with Gasteiger partial charge in [-0.1, -0.05) is 11.6 Å². The quantitative estimate of drug-likeness (QED) is 0.283. The summed E-state index contributed by atoms with van der Waals surface area (Å²) in [7, 11) is 1.34. The van der Waals surface area contributed by atoms with E-state index in [0.29, 0.717) is 10.9 Å². The van der Waals surface area contributed by atoms with E-state index < -0.39 is 41.2 Å². The lowest BCUT2D eigenvalue weighted by atomic mass is 9.83. The molecule has 0 fully saturated rings. The van der Waals surface area contributed by atoms with E-state index in [2.05, 4.69) is 15.3 Å². The Kier molecular flexibility index (Phi) is 7.20. The number of methoxy groups -OCH3 is 1. The van der Waals surface area contributed by atoms with Gasteiger partial charge in [-0.3, -0.25) is 9.78 Å². The molecular weight excluding hydrogens is 580 g/mol. The highest BCUT2D eigenvalue weighted by molar-refractivity contribution is 6.31. The number of pyridine rings is 2. The zero-order valence-electron chi connectivity index (χ0n) is 22.0. The molecule has 2 aromatic carbocycles. The number of carbonyl (C=O) groups excluding carboxylic acids is 1. The molecule has 0 saturated carbocycles. The minimum absolute atomic E-state index is 0.0403. The average molecular weight is 601 g/mol. The fourth-order valence-electron chi connectivity index (χ4n) is 4.61. The molecule has 1 aliphatic rings. The van der Waals surface area contributed by atoms with Crippen molar-refractivity contribution in [3.8, 4) is 28.8 Å². The van der Waals surface area contributed by atoms with Crippen LogP contribution in [0.4, 0.5) is 17.6 Å². The molecule has 2 atom stereocenters. The van der Waals surface area contributed by atoms with Crippen LogP contribution in [0.3, 0.4) is 0 Å². The molecule has 0 unspecified atom stereocenters. The normalized spacial score (nSPS) is 17.6. The Morgan fingerprint density at radius 3 is 2.60 bits per heavy atom. The van der Waals surface area contributed by atoms with Crippen molar-refractivity contribution in [2.45, 2.75) is 24.1 Å². The van der Waals surface area contributed by atoms with E-state index in [1.165, 1.54) is 50.6 Å². The maximum absolute atomic E-state index is 14.6. The minimum Gasteiger partial charge on any atom is -0.494 e. The molecule has 5 rings (SSSR count). The fourth-order valence-corrected chi connectivity index (χ4v) is 4.78. The summed E-state index contributed by atoms with van der Waals surface area (Å²) in [6.45, 7) is -0.0377. The van der Waals surface area contributed by atoms with E-state index in [-0.39, 0.29) is 45.5 Å². The van der Waals surface area contributed by atoms with Crippen molar-refractivity contribution < 1.29 is 36.9 Å². The molecule has 1 amide bonds. The monoisotopic (exact) mass is 600 g/mol. The molecule has 2 N–H and O–H groups in total. The van der Waals surface area contributed by atoms with Crippen LogP contribution in [-0.4, -0.2) is 47.4 Å². The lowest BCUT2D eigenvalue weighted by molar-refractivity contribution is -0.265. The summed E-state index contributed by atoms with van der Waals surface area (Å²) in [5.74, 6) is -1.32. The van der Waals surface area contributed by atoms with Crippen LogP contribution < -0.4 is 14.8 Å². The van der Waals surface area contributed by atoms with Crippen molar-refractivity contribution in [3.63, 3.8) is 0 Å². The van der Waals surface area contributed by atoms with Crippen LogP contribution >= 0.6 is 11.6 Å². The van der Waals surface area contributed by atoms with E-state index >= 15 is 0 Å².